The van der Waals surface area contributed by atoms with Crippen LogP contribution in [0, 0.1) is 13.8 Å². The molecule has 1 atom stereocenters. The Morgan fingerprint density at radius 3 is 2.78 bits per heavy atom. The molecule has 2 aromatic rings. The van der Waals surface area contributed by atoms with Crippen LogP contribution < -0.4 is 5.32 Å². The van der Waals surface area contributed by atoms with Gasteiger partial charge in [0.25, 0.3) is 0 Å². The van der Waals surface area contributed by atoms with Crippen molar-refractivity contribution in [2.75, 3.05) is 12.8 Å². The average Bonchev–Trinajstić information content (AvgIpc) is 2.87. The summed E-state index contributed by atoms with van der Waals surface area (Å²) in [6.07, 6.45) is 3.64. The molecular formula is C14H19N3S. The van der Waals surface area contributed by atoms with Gasteiger partial charge in [-0.25, -0.2) is 4.98 Å². The molecule has 0 fully saturated rings. The van der Waals surface area contributed by atoms with Crippen molar-refractivity contribution < 1.29 is 0 Å². The maximum absolute atomic E-state index is 4.23. The van der Waals surface area contributed by atoms with Crippen LogP contribution in [0.15, 0.2) is 35.7 Å². The number of nitrogens with zero attached hydrogens (tertiary/aromatic N) is 1. The van der Waals surface area contributed by atoms with Gasteiger partial charge in [0.1, 0.15) is 0 Å². The van der Waals surface area contributed by atoms with E-state index in [0.29, 0.717) is 6.04 Å². The van der Waals surface area contributed by atoms with E-state index in [1.54, 1.807) is 18.0 Å². The Bertz CT molecular complexity index is 494. The highest BCUT2D eigenvalue weighted by molar-refractivity contribution is 7.99. The first-order valence-electron chi connectivity index (χ1n) is 6.07. The van der Waals surface area contributed by atoms with Crippen LogP contribution in [0.25, 0.3) is 0 Å². The van der Waals surface area contributed by atoms with Crippen LogP contribution in [-0.4, -0.2) is 22.8 Å². The topological polar surface area (TPSA) is 40.7 Å². The molecule has 18 heavy (non-hydrogen) atoms. The van der Waals surface area contributed by atoms with Crippen LogP contribution in [0.1, 0.15) is 22.7 Å². The highest BCUT2D eigenvalue weighted by atomic mass is 32.2. The molecule has 0 aliphatic rings. The number of hydrogen-bond acceptors (Lipinski definition) is 3. The fraction of sp³-hybridized carbons (Fsp3) is 0.357. The number of rotatable bonds is 5. The molecule has 1 aromatic carbocycles. The lowest BCUT2D eigenvalue weighted by molar-refractivity contribution is 0.660. The van der Waals surface area contributed by atoms with Gasteiger partial charge in [-0.2, -0.15) is 0 Å². The van der Waals surface area contributed by atoms with Crippen molar-refractivity contribution in [1.29, 1.82) is 0 Å². The number of H-pyrrole nitrogens is 1. The number of aryl methyl sites for hydroxylation is 2. The molecule has 0 aliphatic carbocycles. The minimum absolute atomic E-state index is 0.347. The number of benzene rings is 1. The third-order valence-corrected chi connectivity index (χ3v) is 4.14. The van der Waals surface area contributed by atoms with Crippen molar-refractivity contribution in [2.45, 2.75) is 25.0 Å². The molecule has 1 unspecified atom stereocenters. The van der Waals surface area contributed by atoms with E-state index in [1.807, 2.05) is 13.2 Å². The summed E-state index contributed by atoms with van der Waals surface area (Å²) in [6.45, 7) is 4.30. The molecule has 0 bridgehead atoms. The van der Waals surface area contributed by atoms with E-state index in [1.165, 1.54) is 16.7 Å². The average molecular weight is 261 g/mol. The quantitative estimate of drug-likeness (QED) is 0.813. The molecule has 96 valence electrons. The Kier molecular flexibility index (Phi) is 4.44. The summed E-state index contributed by atoms with van der Waals surface area (Å²) in [5.74, 6) is 0.965. The summed E-state index contributed by atoms with van der Waals surface area (Å²) in [4.78, 5) is 7.34. The highest BCUT2D eigenvalue weighted by Gasteiger charge is 2.11. The van der Waals surface area contributed by atoms with Gasteiger partial charge < -0.3 is 10.3 Å². The third-order valence-electron chi connectivity index (χ3n) is 3.14. The maximum atomic E-state index is 4.23. The molecule has 2 rings (SSSR count). The Morgan fingerprint density at radius 2 is 2.17 bits per heavy atom. The lowest BCUT2D eigenvalue weighted by Gasteiger charge is -2.17. The lowest BCUT2D eigenvalue weighted by Crippen LogP contribution is -2.19. The zero-order valence-electron chi connectivity index (χ0n) is 11.0. The van der Waals surface area contributed by atoms with E-state index in [-0.39, 0.29) is 0 Å². The van der Waals surface area contributed by atoms with Gasteiger partial charge in [0.05, 0.1) is 0 Å². The van der Waals surface area contributed by atoms with Crippen LogP contribution >= 0.6 is 11.8 Å². The molecule has 3 nitrogen and oxygen atoms in total. The van der Waals surface area contributed by atoms with Gasteiger partial charge >= 0.3 is 0 Å². The van der Waals surface area contributed by atoms with Gasteiger partial charge in [0.15, 0.2) is 5.16 Å². The van der Waals surface area contributed by atoms with Gasteiger partial charge in [-0.1, -0.05) is 30.0 Å². The zero-order chi connectivity index (χ0) is 13.0. The fourth-order valence-corrected chi connectivity index (χ4v) is 2.79. The Labute approximate surface area is 112 Å². The number of hydrogen-bond donors (Lipinski definition) is 2. The van der Waals surface area contributed by atoms with Gasteiger partial charge in [0.2, 0.25) is 0 Å². The number of imidazole rings is 1. The Hall–Kier alpha value is -1.26. The fourth-order valence-electron chi connectivity index (χ4n) is 1.82. The molecular weight excluding hydrogens is 242 g/mol. The second-order valence-corrected chi connectivity index (χ2v) is 5.40. The van der Waals surface area contributed by atoms with E-state index in [2.05, 4.69) is 47.3 Å². The molecule has 0 spiro atoms. The van der Waals surface area contributed by atoms with Crippen molar-refractivity contribution >= 4 is 11.8 Å². The minimum Gasteiger partial charge on any atom is -0.340 e. The van der Waals surface area contributed by atoms with Crippen LogP contribution in [0.2, 0.25) is 0 Å². The molecule has 4 heteroatoms. The van der Waals surface area contributed by atoms with Crippen molar-refractivity contribution in [1.82, 2.24) is 15.3 Å². The standard InChI is InChI=1S/C14H19N3S/c1-10-4-5-12(8-11(10)2)13(15-3)9-18-14-16-6-7-17-14/h4-8,13,15H,9H2,1-3H3,(H,16,17). The van der Waals surface area contributed by atoms with E-state index < -0.39 is 0 Å². The number of thioether (sulfide) groups is 1. The van der Waals surface area contributed by atoms with E-state index in [9.17, 15) is 0 Å². The van der Waals surface area contributed by atoms with E-state index in [0.717, 1.165) is 10.9 Å². The largest absolute Gasteiger partial charge is 0.340 e. The molecule has 0 aliphatic heterocycles. The van der Waals surface area contributed by atoms with E-state index in [4.69, 9.17) is 0 Å². The van der Waals surface area contributed by atoms with Crippen LogP contribution in [0.5, 0.6) is 0 Å². The normalized spacial score (nSPS) is 12.6. The van der Waals surface area contributed by atoms with Crippen molar-refractivity contribution in [3.63, 3.8) is 0 Å². The molecule has 2 N–H and O–H groups in total. The SMILES string of the molecule is CNC(CSc1ncc[nH]1)c1ccc(C)c(C)c1. The van der Waals surface area contributed by atoms with Crippen molar-refractivity contribution in [3.05, 3.63) is 47.3 Å². The van der Waals surface area contributed by atoms with E-state index >= 15 is 0 Å². The van der Waals surface area contributed by atoms with Crippen molar-refractivity contribution in [3.8, 4) is 0 Å². The summed E-state index contributed by atoms with van der Waals surface area (Å²) in [5.41, 5.74) is 4.02. The number of nitrogens with one attached hydrogen (secondary N) is 2. The van der Waals surface area contributed by atoms with Crippen molar-refractivity contribution in [2.24, 2.45) is 0 Å². The minimum atomic E-state index is 0.347. The first-order valence-corrected chi connectivity index (χ1v) is 7.06. The molecule has 1 heterocycles. The van der Waals surface area contributed by atoms with Gasteiger partial charge in [0, 0.05) is 24.2 Å². The second kappa shape index (κ2) is 6.07. The molecule has 0 radical (unpaired) electrons. The van der Waals surface area contributed by atoms with Gasteiger partial charge in [-0.05, 0) is 37.6 Å². The summed E-state index contributed by atoms with van der Waals surface area (Å²) in [6, 6.07) is 7.00. The summed E-state index contributed by atoms with van der Waals surface area (Å²) < 4.78 is 0. The predicted molar refractivity (Wildman–Crippen MR) is 77.0 cm³/mol. The first kappa shape index (κ1) is 13.2. The highest BCUT2D eigenvalue weighted by Crippen LogP contribution is 2.23. The Morgan fingerprint density at radius 1 is 1.33 bits per heavy atom. The molecule has 1 aromatic heterocycles. The lowest BCUT2D eigenvalue weighted by atomic mass is 10.0. The van der Waals surface area contributed by atoms with Crippen LogP contribution in [-0.2, 0) is 0 Å². The van der Waals surface area contributed by atoms with Crippen LogP contribution in [0.4, 0.5) is 0 Å². The molecule has 0 saturated heterocycles. The number of aromatic nitrogens is 2. The summed E-state index contributed by atoms with van der Waals surface area (Å²) in [7, 11) is 2.00. The Balaban J connectivity index is 2.05. The zero-order valence-corrected chi connectivity index (χ0v) is 11.8. The second-order valence-electron chi connectivity index (χ2n) is 4.39. The van der Waals surface area contributed by atoms with Gasteiger partial charge in [-0.15, -0.1) is 0 Å². The first-order chi connectivity index (χ1) is 8.70. The third kappa shape index (κ3) is 3.15. The predicted octanol–water partition coefficient (Wildman–Crippen LogP) is 3.08. The molecule has 0 amide bonds. The van der Waals surface area contributed by atoms with Crippen LogP contribution in [0.3, 0.4) is 0 Å². The summed E-state index contributed by atoms with van der Waals surface area (Å²) >= 11 is 1.74. The smallest absolute Gasteiger partial charge is 0.165 e. The monoisotopic (exact) mass is 261 g/mol. The number of aromatic amines is 1. The maximum Gasteiger partial charge on any atom is 0.165 e. The summed E-state index contributed by atoms with van der Waals surface area (Å²) in [5, 5.41) is 4.34. The molecule has 0 saturated carbocycles. The van der Waals surface area contributed by atoms with Gasteiger partial charge in [-0.3, -0.25) is 0 Å².